The van der Waals surface area contributed by atoms with Gasteiger partial charge in [0.05, 0.1) is 26.0 Å². The number of rotatable bonds is 3. The lowest BCUT2D eigenvalue weighted by molar-refractivity contribution is -0.748. The second-order valence-corrected chi connectivity index (χ2v) is 4.68. The van der Waals surface area contributed by atoms with E-state index in [0.29, 0.717) is 23.5 Å². The molecule has 1 fully saturated rings. The van der Waals surface area contributed by atoms with Crippen molar-refractivity contribution in [2.24, 2.45) is 0 Å². The number of hydrogen-bond acceptors (Lipinski definition) is 6. The molecule has 9 nitrogen and oxygen atoms in total. The van der Waals surface area contributed by atoms with Crippen LogP contribution in [0.1, 0.15) is 12.6 Å². The largest absolute Gasteiger partial charge is 0.395 e. The van der Waals surface area contributed by atoms with Crippen molar-refractivity contribution in [2.75, 3.05) is 19.0 Å². The lowest BCUT2D eigenvalue weighted by atomic mass is 10.2. The molecule has 20 heavy (non-hydrogen) atoms. The molecule has 3 rings (SSSR count). The maximum absolute atomic E-state index is 11.3. The number of imidazole rings is 1. The summed E-state index contributed by atoms with van der Waals surface area (Å²) in [6, 6.07) is 0. The molecule has 0 saturated carbocycles. The van der Waals surface area contributed by atoms with Crippen molar-refractivity contribution >= 4 is 17.1 Å². The molecule has 0 amide bonds. The maximum Gasteiger partial charge on any atom is 0.395 e. The molecule has 0 aliphatic carbocycles. The van der Waals surface area contributed by atoms with Gasteiger partial charge in [0, 0.05) is 6.42 Å². The first kappa shape index (κ1) is 13.0. The molecule has 1 saturated heterocycles. The number of aliphatic hydroxyl groups is 2. The van der Waals surface area contributed by atoms with E-state index in [-0.39, 0.29) is 12.3 Å². The van der Waals surface area contributed by atoms with Crippen LogP contribution in [0.3, 0.4) is 0 Å². The quantitative estimate of drug-likeness (QED) is 0.424. The van der Waals surface area contributed by atoms with Crippen molar-refractivity contribution in [1.29, 1.82) is 0 Å². The molecule has 2 aromatic heterocycles. The smallest absolute Gasteiger partial charge is 0.394 e. The Balaban J connectivity index is 2.04. The molecule has 1 unspecified atom stereocenters. The van der Waals surface area contributed by atoms with E-state index in [0.717, 1.165) is 0 Å². The third-order valence-corrected chi connectivity index (χ3v) is 3.38. The van der Waals surface area contributed by atoms with E-state index in [9.17, 15) is 9.90 Å². The zero-order valence-electron chi connectivity index (χ0n) is 10.8. The number of aliphatic hydroxyl groups excluding tert-OH is 2. The zero-order chi connectivity index (χ0) is 14.3. The molecule has 2 aromatic rings. The number of ether oxygens (including phenoxy) is 1. The van der Waals surface area contributed by atoms with E-state index in [1.54, 1.807) is 17.8 Å². The van der Waals surface area contributed by atoms with E-state index in [1.165, 1.54) is 0 Å². The summed E-state index contributed by atoms with van der Waals surface area (Å²) in [5.41, 5.74) is 0.639. The van der Waals surface area contributed by atoms with Crippen LogP contribution < -0.4 is 15.6 Å². The number of H-pyrrole nitrogens is 2. The SMILES string of the molecule is CNc1nc2[nH]c(=O)[nH]c2c[n+]1C1C[C@H](O)[C@@H](CO)O1. The van der Waals surface area contributed by atoms with Crippen molar-refractivity contribution < 1.29 is 19.5 Å². The monoisotopic (exact) mass is 282 g/mol. The highest BCUT2D eigenvalue weighted by Gasteiger charge is 2.38. The molecule has 9 heteroatoms. The molecule has 5 N–H and O–H groups in total. The van der Waals surface area contributed by atoms with E-state index in [4.69, 9.17) is 9.84 Å². The zero-order valence-corrected chi connectivity index (χ0v) is 10.8. The van der Waals surface area contributed by atoms with Crippen LogP contribution in [0.15, 0.2) is 11.0 Å². The summed E-state index contributed by atoms with van der Waals surface area (Å²) in [4.78, 5) is 20.8. The lowest BCUT2D eigenvalue weighted by Gasteiger charge is -2.12. The van der Waals surface area contributed by atoms with Crippen molar-refractivity contribution in [3.63, 3.8) is 0 Å². The number of nitrogens with zero attached hydrogens (tertiary/aromatic N) is 2. The number of fused-ring (bicyclic) bond motifs is 1. The van der Waals surface area contributed by atoms with Gasteiger partial charge >= 0.3 is 11.6 Å². The summed E-state index contributed by atoms with van der Waals surface area (Å²) in [6.07, 6.45) is 0.219. The molecule has 0 aromatic carbocycles. The number of aromatic amines is 2. The second kappa shape index (κ2) is 4.85. The Hall–Kier alpha value is -1.97. The predicted octanol–water partition coefficient (Wildman–Crippen LogP) is -1.78. The fourth-order valence-electron chi connectivity index (χ4n) is 2.39. The third-order valence-electron chi connectivity index (χ3n) is 3.38. The van der Waals surface area contributed by atoms with Crippen molar-refractivity contribution in [2.45, 2.75) is 24.9 Å². The molecule has 0 radical (unpaired) electrons. The Morgan fingerprint density at radius 1 is 1.60 bits per heavy atom. The van der Waals surface area contributed by atoms with Crippen LogP contribution in [0, 0.1) is 0 Å². The topological polar surface area (TPSA) is 127 Å². The molecular weight excluding hydrogens is 266 g/mol. The molecule has 1 aliphatic heterocycles. The minimum Gasteiger partial charge on any atom is -0.394 e. The summed E-state index contributed by atoms with van der Waals surface area (Å²) >= 11 is 0. The minimum atomic E-state index is -0.733. The summed E-state index contributed by atoms with van der Waals surface area (Å²) in [5, 5.41) is 21.8. The van der Waals surface area contributed by atoms with Crippen molar-refractivity contribution in [1.82, 2.24) is 15.0 Å². The molecule has 3 heterocycles. The average Bonchev–Trinajstić information content (AvgIpc) is 2.98. The average molecular weight is 282 g/mol. The molecule has 0 bridgehead atoms. The number of anilines is 1. The van der Waals surface area contributed by atoms with Crippen LogP contribution in [0.2, 0.25) is 0 Å². The van der Waals surface area contributed by atoms with Crippen LogP contribution in [0.25, 0.3) is 11.2 Å². The summed E-state index contributed by atoms with van der Waals surface area (Å²) in [6.45, 7) is -0.246. The first-order valence-electron chi connectivity index (χ1n) is 6.28. The number of aromatic nitrogens is 4. The van der Waals surface area contributed by atoms with Crippen LogP contribution >= 0.6 is 0 Å². The van der Waals surface area contributed by atoms with E-state index >= 15 is 0 Å². The lowest BCUT2D eigenvalue weighted by Crippen LogP contribution is -2.42. The fraction of sp³-hybridized carbons (Fsp3) is 0.545. The van der Waals surface area contributed by atoms with Crippen LogP contribution in [-0.4, -0.2) is 51.0 Å². The molecule has 0 spiro atoms. The number of nitrogens with one attached hydrogen (secondary N) is 3. The molecular formula is C11H16N5O4+. The predicted molar refractivity (Wildman–Crippen MR) is 68.1 cm³/mol. The van der Waals surface area contributed by atoms with Crippen LogP contribution in [0.5, 0.6) is 0 Å². The summed E-state index contributed by atoms with van der Waals surface area (Å²) < 4.78 is 7.27. The maximum atomic E-state index is 11.3. The first-order chi connectivity index (χ1) is 9.62. The van der Waals surface area contributed by atoms with Gasteiger partial charge in [-0.25, -0.2) is 9.36 Å². The Labute approximate surface area is 113 Å². The van der Waals surface area contributed by atoms with Gasteiger partial charge in [0.25, 0.3) is 0 Å². The van der Waals surface area contributed by atoms with Gasteiger partial charge in [0.2, 0.25) is 5.65 Å². The van der Waals surface area contributed by atoms with Gasteiger partial charge in [0.15, 0.2) is 6.23 Å². The molecule has 3 atom stereocenters. The molecule has 108 valence electrons. The highest BCUT2D eigenvalue weighted by atomic mass is 16.5. The van der Waals surface area contributed by atoms with E-state index < -0.39 is 18.4 Å². The highest BCUT2D eigenvalue weighted by molar-refractivity contribution is 5.68. The first-order valence-corrected chi connectivity index (χ1v) is 6.28. The number of hydrogen-bond donors (Lipinski definition) is 5. The highest BCUT2D eigenvalue weighted by Crippen LogP contribution is 2.25. The van der Waals surface area contributed by atoms with Gasteiger partial charge < -0.3 is 19.9 Å². The minimum absolute atomic E-state index is 0.246. The van der Waals surface area contributed by atoms with Crippen molar-refractivity contribution in [3.05, 3.63) is 16.7 Å². The van der Waals surface area contributed by atoms with Gasteiger partial charge in [-0.05, 0) is 0 Å². The van der Waals surface area contributed by atoms with E-state index in [2.05, 4.69) is 20.3 Å². The van der Waals surface area contributed by atoms with Gasteiger partial charge in [-0.15, -0.1) is 0 Å². The van der Waals surface area contributed by atoms with Gasteiger partial charge in [0.1, 0.15) is 11.6 Å². The normalized spacial score (nSPS) is 26.2. The van der Waals surface area contributed by atoms with Gasteiger partial charge in [-0.3, -0.25) is 10.3 Å². The van der Waals surface area contributed by atoms with Gasteiger partial charge in [-0.1, -0.05) is 4.98 Å². The van der Waals surface area contributed by atoms with Crippen LogP contribution in [-0.2, 0) is 4.74 Å². The summed E-state index contributed by atoms with van der Waals surface area (Å²) in [7, 11) is 1.70. The summed E-state index contributed by atoms with van der Waals surface area (Å²) in [5.74, 6) is 0.489. The standard InChI is InChI=1S/C11H15N5O4/c1-12-10-14-9-5(13-11(19)15-9)3-16(10)8-2-6(18)7(4-17)20-8/h3,6-8,17-18H,2,4H2,1H3,(H2,12,13,14,15,19)/p+1/t6-,7+,8?/m0/s1. The Kier molecular flexibility index (Phi) is 3.16. The fourth-order valence-corrected chi connectivity index (χ4v) is 2.39. The second-order valence-electron chi connectivity index (χ2n) is 4.68. The van der Waals surface area contributed by atoms with Crippen LogP contribution in [0.4, 0.5) is 5.95 Å². The molecule has 1 aliphatic rings. The Bertz CT molecular complexity index is 681. The Morgan fingerprint density at radius 2 is 2.40 bits per heavy atom. The third kappa shape index (κ3) is 2.05. The van der Waals surface area contributed by atoms with Crippen molar-refractivity contribution in [3.8, 4) is 0 Å². The van der Waals surface area contributed by atoms with Gasteiger partial charge in [-0.2, -0.15) is 0 Å². The van der Waals surface area contributed by atoms with E-state index in [1.807, 2.05) is 0 Å². The Morgan fingerprint density at radius 3 is 3.05 bits per heavy atom.